The molecule has 0 unspecified atom stereocenters. The second kappa shape index (κ2) is 6.11. The van der Waals surface area contributed by atoms with E-state index in [0.29, 0.717) is 23.7 Å². The minimum atomic E-state index is 0.179. The van der Waals surface area contributed by atoms with E-state index in [9.17, 15) is 0 Å². The number of nitrogens with two attached hydrogens (primary N) is 2. The normalized spacial score (nSPS) is 16.2. The molecule has 7 nitrogen and oxygen atoms in total. The van der Waals surface area contributed by atoms with Crippen LogP contribution in [0.5, 0.6) is 5.75 Å². The van der Waals surface area contributed by atoms with Crippen molar-refractivity contribution in [3.8, 4) is 5.75 Å². The molecule has 1 aromatic carbocycles. The Morgan fingerprint density at radius 3 is 2.81 bits per heavy atom. The first-order valence-electron chi connectivity index (χ1n) is 7.11. The second-order valence-corrected chi connectivity index (χ2v) is 5.06. The molecule has 1 aliphatic rings. The maximum atomic E-state index is 5.94. The van der Waals surface area contributed by atoms with Gasteiger partial charge in [0.1, 0.15) is 18.2 Å². The Balaban J connectivity index is 1.71. The molecule has 21 heavy (non-hydrogen) atoms. The van der Waals surface area contributed by atoms with Gasteiger partial charge in [-0.1, -0.05) is 6.07 Å². The number of fused-ring (bicyclic) bond motifs is 1. The maximum Gasteiger partial charge on any atom is 0.222 e. The highest BCUT2D eigenvalue weighted by atomic mass is 16.5. The zero-order valence-corrected chi connectivity index (χ0v) is 11.9. The van der Waals surface area contributed by atoms with Gasteiger partial charge in [0, 0.05) is 32.7 Å². The summed E-state index contributed by atoms with van der Waals surface area (Å²) in [6.07, 6.45) is 0. The maximum absolute atomic E-state index is 5.94. The zero-order chi connectivity index (χ0) is 14.7. The van der Waals surface area contributed by atoms with Crippen LogP contribution in [0.4, 0.5) is 11.8 Å². The molecule has 2 heterocycles. The molecule has 0 atom stereocenters. The number of nitrogens with zero attached hydrogens (tertiary/aromatic N) is 3. The standard InChI is InChI=1S/C14H20N6O/c15-13-12-10(18-14(16)19-13)2-1-3-11(12)21-9-8-20-6-4-17-5-7-20/h1-3,17H,4-9H2,(H4,15,16,18,19). The van der Waals surface area contributed by atoms with E-state index < -0.39 is 0 Å². The van der Waals surface area contributed by atoms with Gasteiger partial charge in [-0.05, 0) is 12.1 Å². The molecule has 1 aromatic heterocycles. The van der Waals surface area contributed by atoms with Gasteiger partial charge in [-0.3, -0.25) is 4.90 Å². The highest BCUT2D eigenvalue weighted by molar-refractivity contribution is 5.94. The van der Waals surface area contributed by atoms with Crippen molar-refractivity contribution in [3.63, 3.8) is 0 Å². The van der Waals surface area contributed by atoms with Crippen LogP contribution in [-0.4, -0.2) is 54.2 Å². The molecule has 0 aliphatic carbocycles. The summed E-state index contributed by atoms with van der Waals surface area (Å²) in [5.41, 5.74) is 12.3. The molecular weight excluding hydrogens is 268 g/mol. The molecule has 7 heteroatoms. The molecule has 0 spiro atoms. The summed E-state index contributed by atoms with van der Waals surface area (Å²) >= 11 is 0. The van der Waals surface area contributed by atoms with Crippen LogP contribution in [0, 0.1) is 0 Å². The Kier molecular flexibility index (Phi) is 4.03. The van der Waals surface area contributed by atoms with Crippen LogP contribution in [0.1, 0.15) is 0 Å². The van der Waals surface area contributed by atoms with Crippen LogP contribution < -0.4 is 21.5 Å². The zero-order valence-electron chi connectivity index (χ0n) is 11.9. The van der Waals surface area contributed by atoms with Crippen molar-refractivity contribution in [2.75, 3.05) is 50.8 Å². The van der Waals surface area contributed by atoms with E-state index >= 15 is 0 Å². The summed E-state index contributed by atoms with van der Waals surface area (Å²) in [6, 6.07) is 5.62. The van der Waals surface area contributed by atoms with Crippen molar-refractivity contribution < 1.29 is 4.74 Å². The van der Waals surface area contributed by atoms with Gasteiger partial charge in [-0.2, -0.15) is 4.98 Å². The quantitative estimate of drug-likeness (QED) is 0.732. The summed E-state index contributed by atoms with van der Waals surface area (Å²) in [5.74, 6) is 1.24. The molecule has 0 bridgehead atoms. The van der Waals surface area contributed by atoms with Crippen molar-refractivity contribution >= 4 is 22.7 Å². The van der Waals surface area contributed by atoms with Gasteiger partial charge in [0.2, 0.25) is 5.95 Å². The summed E-state index contributed by atoms with van der Waals surface area (Å²) in [4.78, 5) is 10.6. The molecule has 0 radical (unpaired) electrons. The summed E-state index contributed by atoms with van der Waals surface area (Å²) in [6.45, 7) is 5.70. The minimum absolute atomic E-state index is 0.179. The van der Waals surface area contributed by atoms with Gasteiger partial charge < -0.3 is 21.5 Å². The number of ether oxygens (including phenoxy) is 1. The predicted octanol–water partition coefficient (Wildman–Crippen LogP) is 0.0782. The number of hydrogen-bond acceptors (Lipinski definition) is 7. The molecular formula is C14H20N6O. The van der Waals surface area contributed by atoms with E-state index in [1.807, 2.05) is 18.2 Å². The third kappa shape index (κ3) is 3.14. The van der Waals surface area contributed by atoms with Crippen molar-refractivity contribution in [2.45, 2.75) is 0 Å². The van der Waals surface area contributed by atoms with Gasteiger partial charge >= 0.3 is 0 Å². The van der Waals surface area contributed by atoms with Gasteiger partial charge in [0.15, 0.2) is 0 Å². The Morgan fingerprint density at radius 2 is 2.00 bits per heavy atom. The first-order valence-corrected chi connectivity index (χ1v) is 7.11. The largest absolute Gasteiger partial charge is 0.491 e. The number of nitrogens with one attached hydrogen (secondary N) is 1. The van der Waals surface area contributed by atoms with Gasteiger partial charge in [0.05, 0.1) is 10.9 Å². The van der Waals surface area contributed by atoms with E-state index in [1.54, 1.807) is 0 Å². The number of nitrogen functional groups attached to an aromatic ring is 2. The molecule has 5 N–H and O–H groups in total. The summed E-state index contributed by atoms with van der Waals surface area (Å²) in [7, 11) is 0. The summed E-state index contributed by atoms with van der Waals surface area (Å²) in [5, 5.41) is 4.06. The van der Waals surface area contributed by atoms with Crippen molar-refractivity contribution in [1.82, 2.24) is 20.2 Å². The number of aromatic nitrogens is 2. The SMILES string of the molecule is Nc1nc(N)c2c(OCCN3CCNCC3)cccc2n1. The van der Waals surface area contributed by atoms with Crippen LogP contribution in [0.2, 0.25) is 0 Å². The van der Waals surface area contributed by atoms with Gasteiger partial charge in [-0.25, -0.2) is 4.98 Å². The molecule has 0 saturated carbocycles. The minimum Gasteiger partial charge on any atom is -0.491 e. The highest BCUT2D eigenvalue weighted by Crippen LogP contribution is 2.28. The molecule has 3 rings (SSSR count). The van der Waals surface area contributed by atoms with E-state index in [4.69, 9.17) is 16.2 Å². The van der Waals surface area contributed by atoms with Crippen molar-refractivity contribution in [3.05, 3.63) is 18.2 Å². The van der Waals surface area contributed by atoms with Crippen molar-refractivity contribution in [1.29, 1.82) is 0 Å². The van der Waals surface area contributed by atoms with E-state index in [-0.39, 0.29) is 5.95 Å². The van der Waals surface area contributed by atoms with Crippen LogP contribution in [0.3, 0.4) is 0 Å². The molecule has 2 aromatic rings. The molecule has 0 amide bonds. The first-order chi connectivity index (χ1) is 10.2. The van der Waals surface area contributed by atoms with Crippen molar-refractivity contribution in [2.24, 2.45) is 0 Å². The van der Waals surface area contributed by atoms with Gasteiger partial charge in [0.25, 0.3) is 0 Å². The molecule has 1 fully saturated rings. The van der Waals surface area contributed by atoms with Crippen LogP contribution in [-0.2, 0) is 0 Å². The lowest BCUT2D eigenvalue weighted by molar-refractivity contribution is 0.192. The molecule has 1 saturated heterocycles. The second-order valence-electron chi connectivity index (χ2n) is 5.06. The molecule has 1 aliphatic heterocycles. The van der Waals surface area contributed by atoms with E-state index in [2.05, 4.69) is 20.2 Å². The number of rotatable bonds is 4. The average molecular weight is 288 g/mol. The number of piperazine rings is 1. The number of anilines is 2. The lowest BCUT2D eigenvalue weighted by Gasteiger charge is -2.27. The fraction of sp³-hybridized carbons (Fsp3) is 0.429. The van der Waals surface area contributed by atoms with Crippen LogP contribution in [0.25, 0.3) is 10.9 Å². The predicted molar refractivity (Wildman–Crippen MR) is 83.2 cm³/mol. The van der Waals surface area contributed by atoms with Gasteiger partial charge in [-0.15, -0.1) is 0 Å². The number of hydrogen-bond donors (Lipinski definition) is 3. The lowest BCUT2D eigenvalue weighted by Crippen LogP contribution is -2.44. The van der Waals surface area contributed by atoms with E-state index in [0.717, 1.165) is 38.1 Å². The van der Waals surface area contributed by atoms with E-state index in [1.165, 1.54) is 0 Å². The first kappa shape index (κ1) is 13.8. The molecule has 112 valence electrons. The summed E-state index contributed by atoms with van der Waals surface area (Å²) < 4.78 is 5.88. The Hall–Kier alpha value is -2.12. The highest BCUT2D eigenvalue weighted by Gasteiger charge is 2.11. The monoisotopic (exact) mass is 288 g/mol. The lowest BCUT2D eigenvalue weighted by atomic mass is 10.2. The Labute approximate surface area is 123 Å². The Bertz CT molecular complexity index is 626. The fourth-order valence-electron chi connectivity index (χ4n) is 2.54. The fourth-order valence-corrected chi connectivity index (χ4v) is 2.54. The topological polar surface area (TPSA) is 102 Å². The van der Waals surface area contributed by atoms with Crippen LogP contribution >= 0.6 is 0 Å². The Morgan fingerprint density at radius 1 is 1.19 bits per heavy atom. The van der Waals surface area contributed by atoms with Crippen LogP contribution in [0.15, 0.2) is 18.2 Å². The number of benzene rings is 1. The third-order valence-corrected chi connectivity index (χ3v) is 3.61. The smallest absolute Gasteiger partial charge is 0.222 e. The third-order valence-electron chi connectivity index (χ3n) is 3.61. The average Bonchev–Trinajstić information content (AvgIpc) is 2.48.